The maximum absolute atomic E-state index is 14.5. The first-order valence-corrected chi connectivity index (χ1v) is 10.6. The molecule has 2 aromatic carbocycles. The summed E-state index contributed by atoms with van der Waals surface area (Å²) in [6, 6.07) is 10.7. The first-order chi connectivity index (χ1) is 15.7. The van der Waals surface area contributed by atoms with Crippen molar-refractivity contribution >= 4 is 17.6 Å². The van der Waals surface area contributed by atoms with Gasteiger partial charge in [-0.25, -0.2) is 14.2 Å². The third-order valence-corrected chi connectivity index (χ3v) is 5.27. The fourth-order valence-electron chi connectivity index (χ4n) is 3.62. The number of carbonyl (C=O) groups is 2. The number of hydrazone groups is 1. The molecule has 3 rings (SSSR count). The van der Waals surface area contributed by atoms with Gasteiger partial charge in [0, 0.05) is 25.1 Å². The first-order valence-electron chi connectivity index (χ1n) is 10.6. The molecular formula is C24H29FN4O4. The molecular weight excluding hydrogens is 427 g/mol. The molecule has 1 N–H and O–H groups in total. The zero-order chi connectivity index (χ0) is 24.1. The van der Waals surface area contributed by atoms with Gasteiger partial charge in [-0.15, -0.1) is 0 Å². The number of nitrogens with one attached hydrogen (secondary N) is 1. The van der Waals surface area contributed by atoms with E-state index in [0.29, 0.717) is 29.2 Å². The van der Waals surface area contributed by atoms with Crippen LogP contribution in [0.4, 0.5) is 9.18 Å². The number of benzene rings is 2. The highest BCUT2D eigenvalue weighted by atomic mass is 19.1. The topological polar surface area (TPSA) is 83.5 Å². The number of nitrogens with zero attached hydrogens (tertiary/aromatic N) is 3. The van der Waals surface area contributed by atoms with Gasteiger partial charge in [0.05, 0.1) is 26.0 Å². The summed E-state index contributed by atoms with van der Waals surface area (Å²) in [5.74, 6) is 0.264. The van der Waals surface area contributed by atoms with Crippen molar-refractivity contribution < 1.29 is 23.5 Å². The summed E-state index contributed by atoms with van der Waals surface area (Å²) in [7, 11) is 4.61. The van der Waals surface area contributed by atoms with E-state index in [0.717, 1.165) is 5.56 Å². The van der Waals surface area contributed by atoms with Gasteiger partial charge in [-0.1, -0.05) is 24.3 Å². The molecule has 1 aliphatic heterocycles. The summed E-state index contributed by atoms with van der Waals surface area (Å²) < 4.78 is 25.2. The van der Waals surface area contributed by atoms with E-state index in [1.165, 1.54) is 23.1 Å². The standard InChI is InChI=1S/C24H29FN4O4/c1-15(2)26-24(31)28(3)14-23(30)29-20(16-10-11-21(32-4)22(12-16)33-5)13-19(27-29)17-8-6-7-9-18(17)25/h6-12,15,20H,13-14H2,1-5H3,(H,26,31)/t20-/m0/s1. The second-order valence-corrected chi connectivity index (χ2v) is 8.06. The first kappa shape index (κ1) is 24.0. The van der Waals surface area contributed by atoms with E-state index in [4.69, 9.17) is 9.47 Å². The fourth-order valence-corrected chi connectivity index (χ4v) is 3.62. The Labute approximate surface area is 193 Å². The molecule has 33 heavy (non-hydrogen) atoms. The normalized spacial score (nSPS) is 15.3. The number of amides is 3. The summed E-state index contributed by atoms with van der Waals surface area (Å²) >= 11 is 0. The van der Waals surface area contributed by atoms with Gasteiger partial charge >= 0.3 is 6.03 Å². The average Bonchev–Trinajstić information content (AvgIpc) is 3.23. The Morgan fingerprint density at radius 1 is 1.18 bits per heavy atom. The molecule has 0 fully saturated rings. The van der Waals surface area contributed by atoms with Gasteiger partial charge in [0.25, 0.3) is 5.91 Å². The Kier molecular flexibility index (Phi) is 7.52. The van der Waals surface area contributed by atoms with E-state index >= 15 is 0 Å². The Bertz CT molecular complexity index is 1060. The van der Waals surface area contributed by atoms with Crippen molar-refractivity contribution in [3.63, 3.8) is 0 Å². The molecule has 9 heteroatoms. The second-order valence-electron chi connectivity index (χ2n) is 8.06. The van der Waals surface area contributed by atoms with Crippen LogP contribution in [-0.4, -0.2) is 61.4 Å². The maximum Gasteiger partial charge on any atom is 0.317 e. The fraction of sp³-hybridized carbons (Fsp3) is 0.375. The largest absolute Gasteiger partial charge is 0.493 e. The molecule has 1 atom stereocenters. The van der Waals surface area contributed by atoms with Crippen LogP contribution in [0.1, 0.15) is 37.4 Å². The average molecular weight is 457 g/mol. The summed E-state index contributed by atoms with van der Waals surface area (Å²) in [5, 5.41) is 8.55. The molecule has 0 saturated heterocycles. The van der Waals surface area contributed by atoms with Crippen LogP contribution in [0.5, 0.6) is 11.5 Å². The van der Waals surface area contributed by atoms with Crippen molar-refractivity contribution in [2.75, 3.05) is 27.8 Å². The zero-order valence-electron chi connectivity index (χ0n) is 19.5. The van der Waals surface area contributed by atoms with Crippen LogP contribution in [0.15, 0.2) is 47.6 Å². The molecule has 0 radical (unpaired) electrons. The minimum absolute atomic E-state index is 0.0629. The molecule has 176 valence electrons. The minimum Gasteiger partial charge on any atom is -0.493 e. The molecule has 0 bridgehead atoms. The third kappa shape index (κ3) is 5.42. The third-order valence-electron chi connectivity index (χ3n) is 5.27. The number of carbonyl (C=O) groups excluding carboxylic acids is 2. The number of ether oxygens (including phenoxy) is 2. The number of hydrogen-bond donors (Lipinski definition) is 1. The molecule has 1 aliphatic rings. The van der Waals surface area contributed by atoms with Gasteiger partial charge in [-0.2, -0.15) is 5.10 Å². The quantitative estimate of drug-likeness (QED) is 0.691. The lowest BCUT2D eigenvalue weighted by Crippen LogP contribution is -2.45. The van der Waals surface area contributed by atoms with E-state index in [2.05, 4.69) is 10.4 Å². The predicted octanol–water partition coefficient (Wildman–Crippen LogP) is 3.57. The smallest absolute Gasteiger partial charge is 0.317 e. The lowest BCUT2D eigenvalue weighted by molar-refractivity contribution is -0.133. The molecule has 0 unspecified atom stereocenters. The van der Waals surface area contributed by atoms with Crippen molar-refractivity contribution in [1.82, 2.24) is 15.2 Å². The van der Waals surface area contributed by atoms with Crippen LogP contribution in [-0.2, 0) is 4.79 Å². The highest BCUT2D eigenvalue weighted by Crippen LogP contribution is 2.37. The lowest BCUT2D eigenvalue weighted by Gasteiger charge is -2.26. The van der Waals surface area contributed by atoms with Gasteiger partial charge in [-0.3, -0.25) is 4.79 Å². The maximum atomic E-state index is 14.5. The van der Waals surface area contributed by atoms with Crippen molar-refractivity contribution in [3.8, 4) is 11.5 Å². The number of urea groups is 1. The monoisotopic (exact) mass is 456 g/mol. The summed E-state index contributed by atoms with van der Waals surface area (Å²) in [5.41, 5.74) is 1.55. The van der Waals surface area contributed by atoms with Gasteiger partial charge < -0.3 is 19.7 Å². The number of hydrogen-bond acceptors (Lipinski definition) is 5. The van der Waals surface area contributed by atoms with Crippen LogP contribution >= 0.6 is 0 Å². The molecule has 0 saturated carbocycles. The number of halogens is 1. The predicted molar refractivity (Wildman–Crippen MR) is 123 cm³/mol. The Hall–Kier alpha value is -3.62. The molecule has 2 aromatic rings. The summed E-state index contributed by atoms with van der Waals surface area (Å²) in [4.78, 5) is 26.8. The van der Waals surface area contributed by atoms with Crippen molar-refractivity contribution in [2.24, 2.45) is 5.10 Å². The van der Waals surface area contributed by atoms with Crippen molar-refractivity contribution in [1.29, 1.82) is 0 Å². The Morgan fingerprint density at radius 2 is 1.88 bits per heavy atom. The van der Waals surface area contributed by atoms with E-state index in [-0.39, 0.29) is 24.5 Å². The number of methoxy groups -OCH3 is 2. The second kappa shape index (κ2) is 10.3. The van der Waals surface area contributed by atoms with Gasteiger partial charge in [0.1, 0.15) is 12.4 Å². The summed E-state index contributed by atoms with van der Waals surface area (Å²) in [6.45, 7) is 3.49. The van der Waals surface area contributed by atoms with Crippen LogP contribution in [0, 0.1) is 5.82 Å². The molecule has 0 aromatic heterocycles. The molecule has 8 nitrogen and oxygen atoms in total. The van der Waals surface area contributed by atoms with E-state index in [1.54, 1.807) is 44.5 Å². The van der Waals surface area contributed by atoms with Gasteiger partial charge in [0.2, 0.25) is 0 Å². The SMILES string of the molecule is COc1ccc([C@@H]2CC(c3ccccc3F)=NN2C(=O)CN(C)C(=O)NC(C)C)cc1OC. The molecule has 3 amide bonds. The van der Waals surface area contributed by atoms with Gasteiger partial charge in [0.15, 0.2) is 11.5 Å². The lowest BCUT2D eigenvalue weighted by atomic mass is 9.97. The summed E-state index contributed by atoms with van der Waals surface area (Å²) in [6.07, 6.45) is 0.310. The number of rotatable bonds is 7. The molecule has 1 heterocycles. The van der Waals surface area contributed by atoms with Crippen LogP contribution in [0.2, 0.25) is 0 Å². The van der Waals surface area contributed by atoms with E-state index < -0.39 is 11.9 Å². The van der Waals surface area contributed by atoms with E-state index in [1.807, 2.05) is 19.9 Å². The molecule has 0 aliphatic carbocycles. The minimum atomic E-state index is -0.492. The number of likely N-dealkylation sites (N-methyl/N-ethyl adjacent to an activating group) is 1. The highest BCUT2D eigenvalue weighted by Gasteiger charge is 2.35. The van der Waals surface area contributed by atoms with E-state index in [9.17, 15) is 14.0 Å². The zero-order valence-corrected chi connectivity index (χ0v) is 19.5. The van der Waals surface area contributed by atoms with Crippen LogP contribution in [0.25, 0.3) is 0 Å². The van der Waals surface area contributed by atoms with Gasteiger partial charge in [-0.05, 0) is 37.6 Å². The van der Waals surface area contributed by atoms with Crippen LogP contribution < -0.4 is 14.8 Å². The molecule has 0 spiro atoms. The highest BCUT2D eigenvalue weighted by molar-refractivity contribution is 6.03. The Balaban J connectivity index is 1.93. The Morgan fingerprint density at radius 3 is 2.52 bits per heavy atom. The van der Waals surface area contributed by atoms with Crippen molar-refractivity contribution in [3.05, 3.63) is 59.4 Å². The van der Waals surface area contributed by atoms with Crippen LogP contribution in [0.3, 0.4) is 0 Å². The van der Waals surface area contributed by atoms with Crippen molar-refractivity contribution in [2.45, 2.75) is 32.4 Å².